The van der Waals surface area contributed by atoms with E-state index in [4.69, 9.17) is 16.3 Å². The number of hydrogen-bond acceptors (Lipinski definition) is 6. The maximum Gasteiger partial charge on any atom is 0.435 e. The van der Waals surface area contributed by atoms with Crippen LogP contribution in [0.2, 0.25) is 0 Å². The Morgan fingerprint density at radius 3 is 2.17 bits per heavy atom. The number of ether oxygens (including phenoxy) is 1. The minimum Gasteiger partial charge on any atom is -0.442 e. The van der Waals surface area contributed by atoms with Crippen molar-refractivity contribution in [2.75, 3.05) is 16.3 Å². The number of aromatic nitrogens is 2. The van der Waals surface area contributed by atoms with Gasteiger partial charge in [-0.15, -0.1) is 0 Å². The van der Waals surface area contributed by atoms with Crippen LogP contribution in [-0.2, 0) is 25.5 Å². The Kier molecular flexibility index (Phi) is 7.16. The highest BCUT2D eigenvalue weighted by atomic mass is 35.5. The molecule has 1 aliphatic heterocycles. The Labute approximate surface area is 235 Å². The standard InChI is InChI=1S/C30H27ClN4O5/c1-30(2,3)40-29(39)35-23-14-8-7-13-20(23)22(32-35)17-21-27(37)33(18-26(31)36)24-15-9-10-16-25(24)34(28(21)38)19-11-5-4-6-12-19/h4-16,21H,17-18H2,1-3H3/t21-/m1/s1. The Bertz CT molecular complexity index is 1630. The van der Waals surface area contributed by atoms with E-state index in [1.165, 1.54) is 9.80 Å². The molecule has 0 N–H and O–H groups in total. The van der Waals surface area contributed by atoms with Crippen molar-refractivity contribution >= 4 is 62.7 Å². The molecule has 4 aromatic rings. The highest BCUT2D eigenvalue weighted by Gasteiger charge is 2.42. The summed E-state index contributed by atoms with van der Waals surface area (Å²) in [6.45, 7) is 4.84. The van der Waals surface area contributed by atoms with Crippen LogP contribution in [0.4, 0.5) is 21.9 Å². The average Bonchev–Trinajstić information content (AvgIpc) is 3.25. The number of nitrogens with zero attached hydrogens (tertiary/aromatic N) is 4. The fourth-order valence-electron chi connectivity index (χ4n) is 4.79. The summed E-state index contributed by atoms with van der Waals surface area (Å²) in [5, 5.41) is 4.36. The molecule has 3 aromatic carbocycles. The summed E-state index contributed by atoms with van der Waals surface area (Å²) in [6, 6.07) is 22.9. The number of halogens is 1. The molecule has 0 fully saturated rings. The van der Waals surface area contributed by atoms with Crippen molar-refractivity contribution in [3.63, 3.8) is 0 Å². The molecule has 40 heavy (non-hydrogen) atoms. The van der Waals surface area contributed by atoms with E-state index in [0.29, 0.717) is 33.7 Å². The van der Waals surface area contributed by atoms with Gasteiger partial charge in [0.1, 0.15) is 18.1 Å². The summed E-state index contributed by atoms with van der Waals surface area (Å²) < 4.78 is 6.68. The van der Waals surface area contributed by atoms with Crippen molar-refractivity contribution in [3.8, 4) is 0 Å². The number of fused-ring (bicyclic) bond motifs is 2. The molecule has 0 aliphatic carbocycles. The lowest BCUT2D eigenvalue weighted by Gasteiger charge is -2.25. The molecule has 10 heteroatoms. The number of benzene rings is 3. The molecule has 0 unspecified atom stereocenters. The zero-order valence-electron chi connectivity index (χ0n) is 22.2. The van der Waals surface area contributed by atoms with E-state index < -0.39 is 41.2 Å². The van der Waals surface area contributed by atoms with E-state index in [2.05, 4.69) is 5.10 Å². The second kappa shape index (κ2) is 10.6. The highest BCUT2D eigenvalue weighted by Crippen LogP contribution is 2.40. The molecule has 1 aliphatic rings. The minimum absolute atomic E-state index is 0.127. The van der Waals surface area contributed by atoms with Crippen LogP contribution < -0.4 is 9.80 Å². The second-order valence-corrected chi connectivity index (χ2v) is 10.8. The van der Waals surface area contributed by atoms with Gasteiger partial charge in [-0.1, -0.05) is 48.5 Å². The highest BCUT2D eigenvalue weighted by molar-refractivity contribution is 6.64. The van der Waals surface area contributed by atoms with E-state index >= 15 is 0 Å². The molecule has 0 saturated heterocycles. The summed E-state index contributed by atoms with van der Waals surface area (Å²) in [5.41, 5.74) is 1.47. The van der Waals surface area contributed by atoms with E-state index in [-0.39, 0.29) is 6.42 Å². The van der Waals surface area contributed by atoms with E-state index in [1.54, 1.807) is 93.6 Å². The fourth-order valence-corrected chi connectivity index (χ4v) is 4.91. The van der Waals surface area contributed by atoms with Crippen LogP contribution >= 0.6 is 11.6 Å². The fraction of sp³-hybridized carbons (Fsp3) is 0.233. The number of para-hydroxylation sites is 4. The summed E-state index contributed by atoms with van der Waals surface area (Å²) in [5.74, 6) is -2.36. The predicted octanol–water partition coefficient (Wildman–Crippen LogP) is 5.46. The summed E-state index contributed by atoms with van der Waals surface area (Å²) in [7, 11) is 0. The van der Waals surface area contributed by atoms with Gasteiger partial charge in [0.05, 0.1) is 22.6 Å². The molecule has 1 aromatic heterocycles. The predicted molar refractivity (Wildman–Crippen MR) is 152 cm³/mol. The van der Waals surface area contributed by atoms with Gasteiger partial charge < -0.3 is 9.64 Å². The Morgan fingerprint density at radius 2 is 1.50 bits per heavy atom. The molecule has 5 rings (SSSR count). The molecule has 9 nitrogen and oxygen atoms in total. The van der Waals surface area contributed by atoms with Gasteiger partial charge in [-0.3, -0.25) is 19.3 Å². The molecule has 1 atom stereocenters. The topological polar surface area (TPSA) is 102 Å². The number of carbonyl (C=O) groups excluding carboxylic acids is 4. The van der Waals surface area contributed by atoms with E-state index in [1.807, 2.05) is 6.07 Å². The van der Waals surface area contributed by atoms with Crippen LogP contribution in [0.25, 0.3) is 10.9 Å². The summed E-state index contributed by atoms with van der Waals surface area (Å²) in [6.07, 6.45) is -0.806. The first-order valence-electron chi connectivity index (χ1n) is 12.7. The number of amides is 2. The van der Waals surface area contributed by atoms with Crippen LogP contribution in [0.15, 0.2) is 78.9 Å². The Morgan fingerprint density at radius 1 is 0.875 bits per heavy atom. The van der Waals surface area contributed by atoms with Crippen LogP contribution in [-0.4, -0.2) is 45.1 Å². The molecule has 2 amide bonds. The van der Waals surface area contributed by atoms with Crippen molar-refractivity contribution in [1.29, 1.82) is 0 Å². The third-order valence-corrected chi connectivity index (χ3v) is 6.54. The van der Waals surface area contributed by atoms with Gasteiger partial charge in [-0.25, -0.2) is 4.79 Å². The van der Waals surface area contributed by atoms with Crippen LogP contribution in [0.3, 0.4) is 0 Å². The normalized spacial score (nSPS) is 15.7. The lowest BCUT2D eigenvalue weighted by atomic mass is 9.98. The molecule has 204 valence electrons. The number of rotatable bonds is 5. The van der Waals surface area contributed by atoms with E-state index in [0.717, 1.165) is 4.68 Å². The van der Waals surface area contributed by atoms with Crippen LogP contribution in [0.1, 0.15) is 26.5 Å². The van der Waals surface area contributed by atoms with Crippen molar-refractivity contribution < 1.29 is 23.9 Å². The molecular weight excluding hydrogens is 532 g/mol. The molecule has 0 radical (unpaired) electrons. The Balaban J connectivity index is 1.64. The van der Waals surface area contributed by atoms with E-state index in [9.17, 15) is 19.2 Å². The summed E-state index contributed by atoms with van der Waals surface area (Å²) >= 11 is 5.76. The van der Waals surface area contributed by atoms with Gasteiger partial charge in [0, 0.05) is 17.5 Å². The lowest BCUT2D eigenvalue weighted by Crippen LogP contribution is -2.43. The first kappa shape index (κ1) is 27.1. The molecule has 2 heterocycles. The SMILES string of the molecule is CC(C)(C)OC(=O)n1nc(C[C@@H]2C(=O)N(CC(=O)Cl)c3ccccc3N(c3ccccc3)C2=O)c2ccccc21. The lowest BCUT2D eigenvalue weighted by molar-refractivity contribution is -0.132. The first-order chi connectivity index (χ1) is 19.0. The van der Waals surface area contributed by atoms with Crippen LogP contribution in [0, 0.1) is 5.92 Å². The quantitative estimate of drug-likeness (QED) is 0.238. The molecule has 0 bridgehead atoms. The maximum atomic E-state index is 14.3. The van der Waals surface area contributed by atoms with Crippen molar-refractivity contribution in [2.45, 2.75) is 32.8 Å². The van der Waals surface area contributed by atoms with Gasteiger partial charge in [-0.2, -0.15) is 9.78 Å². The van der Waals surface area contributed by atoms with Gasteiger partial charge in [0.25, 0.3) is 0 Å². The van der Waals surface area contributed by atoms with Crippen molar-refractivity contribution in [1.82, 2.24) is 9.78 Å². The maximum absolute atomic E-state index is 14.3. The molecule has 0 spiro atoms. The number of anilines is 3. The zero-order chi connectivity index (χ0) is 28.6. The number of hydrogen-bond donors (Lipinski definition) is 0. The van der Waals surface area contributed by atoms with Gasteiger partial charge in [0.15, 0.2) is 0 Å². The van der Waals surface area contributed by atoms with Crippen molar-refractivity contribution in [2.24, 2.45) is 5.92 Å². The zero-order valence-corrected chi connectivity index (χ0v) is 23.0. The monoisotopic (exact) mass is 558 g/mol. The minimum atomic E-state index is -1.27. The third-order valence-electron chi connectivity index (χ3n) is 6.42. The van der Waals surface area contributed by atoms with Crippen LogP contribution in [0.5, 0.6) is 0 Å². The van der Waals surface area contributed by atoms with Gasteiger partial charge in [0.2, 0.25) is 17.1 Å². The average molecular weight is 559 g/mol. The Hall–Kier alpha value is -4.50. The van der Waals surface area contributed by atoms with Gasteiger partial charge >= 0.3 is 6.09 Å². The van der Waals surface area contributed by atoms with Crippen molar-refractivity contribution in [3.05, 3.63) is 84.6 Å². The second-order valence-electron chi connectivity index (χ2n) is 10.4. The van der Waals surface area contributed by atoms with Gasteiger partial charge in [-0.05, 0) is 62.7 Å². The largest absolute Gasteiger partial charge is 0.442 e. The first-order valence-corrected chi connectivity index (χ1v) is 13.1. The molecule has 0 saturated carbocycles. The number of carbonyl (C=O) groups is 4. The summed E-state index contributed by atoms with van der Waals surface area (Å²) in [4.78, 5) is 56.1. The third kappa shape index (κ3) is 5.20. The molecular formula is C30H27ClN4O5. The smallest absolute Gasteiger partial charge is 0.435 e.